The smallest absolute Gasteiger partial charge is 0.221 e. The molecule has 4 aromatic rings. The van der Waals surface area contributed by atoms with Crippen LogP contribution in [0.25, 0.3) is 22.4 Å². The van der Waals surface area contributed by atoms with Gasteiger partial charge in [0.1, 0.15) is 5.82 Å². The van der Waals surface area contributed by atoms with E-state index in [4.69, 9.17) is 4.98 Å². The molecule has 0 aliphatic carbocycles. The number of carbonyl (C=O) groups is 1. The summed E-state index contributed by atoms with van der Waals surface area (Å²) in [7, 11) is 0. The summed E-state index contributed by atoms with van der Waals surface area (Å²) >= 11 is 3.63. The van der Waals surface area contributed by atoms with Crippen molar-refractivity contribution in [1.29, 1.82) is 0 Å². The number of benzene rings is 3. The summed E-state index contributed by atoms with van der Waals surface area (Å²) in [6.07, 6.45) is 3.39. The molecule has 5 nitrogen and oxygen atoms in total. The van der Waals surface area contributed by atoms with E-state index < -0.39 is 0 Å². The van der Waals surface area contributed by atoms with Gasteiger partial charge >= 0.3 is 0 Å². The number of carbonyl (C=O) groups excluding carboxylic acids is 1. The molecular weight excluding hydrogens is 500 g/mol. The average molecular weight is 531 g/mol. The average Bonchev–Trinajstić information content (AvgIpc) is 3.22. The highest BCUT2D eigenvalue weighted by Crippen LogP contribution is 2.30. The number of piperidine rings is 1. The van der Waals surface area contributed by atoms with Gasteiger partial charge in [-0.05, 0) is 80.7 Å². The molecule has 0 bridgehead atoms. The van der Waals surface area contributed by atoms with Crippen LogP contribution >= 0.6 is 15.9 Å². The zero-order valence-electron chi connectivity index (χ0n) is 20.1. The Labute approximate surface area is 215 Å². The molecule has 3 aromatic carbocycles. The minimum absolute atomic E-state index is 0.0228. The molecule has 1 amide bonds. The van der Waals surface area contributed by atoms with Crippen molar-refractivity contribution in [3.8, 4) is 11.4 Å². The lowest BCUT2D eigenvalue weighted by Crippen LogP contribution is -2.34. The summed E-state index contributed by atoms with van der Waals surface area (Å²) in [5, 5.41) is 2.91. The lowest BCUT2D eigenvalue weighted by atomic mass is 9.89. The fourth-order valence-electron chi connectivity index (χ4n) is 5.15. The number of imidazole rings is 1. The topological polar surface area (TPSA) is 50.2 Å². The molecule has 6 heteroatoms. The van der Waals surface area contributed by atoms with Crippen LogP contribution < -0.4 is 5.32 Å². The van der Waals surface area contributed by atoms with Gasteiger partial charge in [-0.25, -0.2) is 4.98 Å². The molecule has 1 fully saturated rings. The molecule has 0 unspecified atom stereocenters. The molecule has 0 spiro atoms. The highest BCUT2D eigenvalue weighted by Gasteiger charge is 2.21. The van der Waals surface area contributed by atoms with Gasteiger partial charge in [-0.3, -0.25) is 4.79 Å². The van der Waals surface area contributed by atoms with Gasteiger partial charge in [0.05, 0.1) is 11.0 Å². The molecule has 1 aromatic heterocycles. The van der Waals surface area contributed by atoms with Crippen LogP contribution in [-0.2, 0) is 11.3 Å². The van der Waals surface area contributed by atoms with E-state index in [0.29, 0.717) is 5.92 Å². The standard InChI is InChI=1S/C29H31BrN4O/c1-21(35)31-26-10-5-9-24(19-26)22-13-17-33(18-14-22)15-6-16-34-28-20-25(30)11-12-27(28)32-29(34)23-7-3-2-4-8-23/h2-5,7-12,19-20,22H,6,13-18H2,1H3,(H,31,35). The van der Waals surface area contributed by atoms with E-state index in [-0.39, 0.29) is 5.91 Å². The third kappa shape index (κ3) is 5.65. The van der Waals surface area contributed by atoms with Crippen LogP contribution in [0, 0.1) is 0 Å². The first kappa shape index (κ1) is 23.8. The quantitative estimate of drug-likeness (QED) is 0.289. The maximum absolute atomic E-state index is 11.4. The number of fused-ring (bicyclic) bond motifs is 1. The number of likely N-dealkylation sites (tertiary alicyclic amines) is 1. The van der Waals surface area contributed by atoms with Crippen LogP contribution in [0.2, 0.25) is 0 Å². The molecular formula is C29H31BrN4O. The van der Waals surface area contributed by atoms with Crippen LogP contribution in [0.1, 0.15) is 37.7 Å². The highest BCUT2D eigenvalue weighted by atomic mass is 79.9. The van der Waals surface area contributed by atoms with Gasteiger partial charge in [0.25, 0.3) is 0 Å². The van der Waals surface area contributed by atoms with Gasteiger partial charge in [-0.15, -0.1) is 0 Å². The lowest BCUT2D eigenvalue weighted by molar-refractivity contribution is -0.114. The summed E-state index contributed by atoms with van der Waals surface area (Å²) in [6, 6.07) is 25.1. The zero-order chi connectivity index (χ0) is 24.2. The number of hydrogen-bond acceptors (Lipinski definition) is 3. The summed E-state index contributed by atoms with van der Waals surface area (Å²) in [5.74, 6) is 1.57. The normalized spacial score (nSPS) is 14.9. The molecule has 5 rings (SSSR count). The Morgan fingerprint density at radius 2 is 1.80 bits per heavy atom. The second-order valence-electron chi connectivity index (χ2n) is 9.36. The predicted molar refractivity (Wildman–Crippen MR) is 147 cm³/mol. The molecule has 1 aliphatic rings. The van der Waals surface area contributed by atoms with E-state index in [1.807, 2.05) is 18.2 Å². The van der Waals surface area contributed by atoms with Crippen LogP contribution in [0.4, 0.5) is 5.69 Å². The van der Waals surface area contributed by atoms with Crippen LogP contribution in [0.15, 0.2) is 77.3 Å². The fourth-order valence-corrected chi connectivity index (χ4v) is 5.49. The second-order valence-corrected chi connectivity index (χ2v) is 10.3. The monoisotopic (exact) mass is 530 g/mol. The van der Waals surface area contributed by atoms with Crippen molar-refractivity contribution >= 4 is 38.6 Å². The number of amides is 1. The first-order chi connectivity index (χ1) is 17.1. The summed E-state index contributed by atoms with van der Waals surface area (Å²) in [5.41, 5.74) is 5.59. The number of hydrogen-bond donors (Lipinski definition) is 1. The molecule has 1 N–H and O–H groups in total. The molecule has 0 saturated carbocycles. The minimum atomic E-state index is -0.0228. The van der Waals surface area contributed by atoms with Crippen LogP contribution in [0.3, 0.4) is 0 Å². The van der Waals surface area contributed by atoms with Crippen molar-refractivity contribution in [2.45, 2.75) is 38.6 Å². The van der Waals surface area contributed by atoms with E-state index in [1.165, 1.54) is 11.1 Å². The van der Waals surface area contributed by atoms with E-state index in [1.54, 1.807) is 6.92 Å². The van der Waals surface area contributed by atoms with Crippen molar-refractivity contribution < 1.29 is 4.79 Å². The van der Waals surface area contributed by atoms with E-state index in [0.717, 1.165) is 72.5 Å². The molecule has 1 aliphatic heterocycles. The Morgan fingerprint density at radius 1 is 1.00 bits per heavy atom. The number of nitrogens with zero attached hydrogens (tertiary/aromatic N) is 3. The maximum Gasteiger partial charge on any atom is 0.221 e. The first-order valence-electron chi connectivity index (χ1n) is 12.4. The molecule has 35 heavy (non-hydrogen) atoms. The van der Waals surface area contributed by atoms with Gasteiger partial charge in [-0.1, -0.05) is 58.4 Å². The number of anilines is 1. The summed E-state index contributed by atoms with van der Waals surface area (Å²) < 4.78 is 3.45. The van der Waals surface area contributed by atoms with Crippen molar-refractivity contribution in [3.05, 3.63) is 82.8 Å². The van der Waals surface area contributed by atoms with Crippen molar-refractivity contribution in [2.75, 3.05) is 25.0 Å². The van der Waals surface area contributed by atoms with Crippen molar-refractivity contribution in [3.63, 3.8) is 0 Å². The molecule has 0 atom stereocenters. The SMILES string of the molecule is CC(=O)Nc1cccc(C2CCN(CCCn3c(-c4ccccc4)nc4ccc(Br)cc43)CC2)c1. The lowest BCUT2D eigenvalue weighted by Gasteiger charge is -2.32. The maximum atomic E-state index is 11.4. The fraction of sp³-hybridized carbons (Fsp3) is 0.310. The number of rotatable bonds is 7. The van der Waals surface area contributed by atoms with Gasteiger partial charge in [0, 0.05) is 29.2 Å². The van der Waals surface area contributed by atoms with Gasteiger partial charge in [0.15, 0.2) is 0 Å². The largest absolute Gasteiger partial charge is 0.326 e. The number of halogens is 1. The number of aromatic nitrogens is 2. The van der Waals surface area contributed by atoms with Gasteiger partial charge in [-0.2, -0.15) is 0 Å². The second kappa shape index (κ2) is 10.8. The zero-order valence-corrected chi connectivity index (χ0v) is 21.7. The summed E-state index contributed by atoms with van der Waals surface area (Å²) in [6.45, 7) is 5.80. The van der Waals surface area contributed by atoms with E-state index in [2.05, 4.69) is 85.3 Å². The summed E-state index contributed by atoms with van der Waals surface area (Å²) in [4.78, 5) is 18.9. The Hall–Kier alpha value is -2.96. The van der Waals surface area contributed by atoms with Crippen LogP contribution in [-0.4, -0.2) is 40.0 Å². The molecule has 2 heterocycles. The van der Waals surface area contributed by atoms with Gasteiger partial charge < -0.3 is 14.8 Å². The van der Waals surface area contributed by atoms with E-state index >= 15 is 0 Å². The van der Waals surface area contributed by atoms with Crippen molar-refractivity contribution in [1.82, 2.24) is 14.5 Å². The van der Waals surface area contributed by atoms with Gasteiger partial charge in [0.2, 0.25) is 5.91 Å². The number of aryl methyl sites for hydroxylation is 1. The van der Waals surface area contributed by atoms with Crippen molar-refractivity contribution in [2.24, 2.45) is 0 Å². The Kier molecular flexibility index (Phi) is 7.30. The molecule has 1 saturated heterocycles. The Morgan fingerprint density at radius 3 is 2.57 bits per heavy atom. The van der Waals surface area contributed by atoms with E-state index in [9.17, 15) is 4.79 Å². The Bertz CT molecular complexity index is 1310. The predicted octanol–water partition coefficient (Wildman–Crippen LogP) is 6.69. The minimum Gasteiger partial charge on any atom is -0.326 e. The molecule has 0 radical (unpaired) electrons. The molecule has 180 valence electrons. The third-order valence-corrected chi connectivity index (χ3v) is 7.36. The third-order valence-electron chi connectivity index (χ3n) is 6.86. The number of nitrogens with one attached hydrogen (secondary N) is 1. The van der Waals surface area contributed by atoms with Crippen LogP contribution in [0.5, 0.6) is 0 Å². The first-order valence-corrected chi connectivity index (χ1v) is 13.2. The Balaban J connectivity index is 1.22. The highest BCUT2D eigenvalue weighted by molar-refractivity contribution is 9.10.